The van der Waals surface area contributed by atoms with Gasteiger partial charge in [0.05, 0.1) is 24.4 Å². The van der Waals surface area contributed by atoms with Gasteiger partial charge in [-0.1, -0.05) is 44.9 Å². The number of hydrogen-bond donors (Lipinski definition) is 1. The van der Waals surface area contributed by atoms with E-state index in [-0.39, 0.29) is 18.4 Å². The number of carbonyl (C=O) groups is 1. The standard InChI is InChI=1S/C25H34N2O3S/c1-5-6-13-25(2)17-27(19-10-8-7-9-11-19)21-15-20(26(3)4)22(16-23(21)31-18-25)30-14-12-24(28)29/h7-11,15-16H,5-6,12-14,17-18H2,1-4H3,(H,28,29)/t25-/m0/s1. The van der Waals surface area contributed by atoms with Gasteiger partial charge in [-0.25, -0.2) is 0 Å². The van der Waals surface area contributed by atoms with Crippen molar-refractivity contribution in [2.24, 2.45) is 5.41 Å². The summed E-state index contributed by atoms with van der Waals surface area (Å²) in [7, 11) is 3.99. The Hall–Kier alpha value is -2.34. The van der Waals surface area contributed by atoms with Crippen LogP contribution in [0.2, 0.25) is 0 Å². The monoisotopic (exact) mass is 442 g/mol. The fourth-order valence-corrected chi connectivity index (χ4v) is 5.18. The Morgan fingerprint density at radius 1 is 1.26 bits per heavy atom. The van der Waals surface area contributed by atoms with Crippen LogP contribution in [-0.4, -0.2) is 44.1 Å². The first-order chi connectivity index (χ1) is 14.8. The molecule has 2 aromatic rings. The molecule has 0 bridgehead atoms. The van der Waals surface area contributed by atoms with E-state index in [9.17, 15) is 4.79 Å². The minimum atomic E-state index is -0.850. The molecule has 2 aromatic carbocycles. The van der Waals surface area contributed by atoms with E-state index in [0.717, 1.165) is 23.7 Å². The number of hydrogen-bond acceptors (Lipinski definition) is 5. The fraction of sp³-hybridized carbons (Fsp3) is 0.480. The van der Waals surface area contributed by atoms with Gasteiger partial charge in [0.2, 0.25) is 0 Å². The molecule has 0 radical (unpaired) electrons. The number of carboxylic acids is 1. The number of anilines is 3. The van der Waals surface area contributed by atoms with Crippen LogP contribution in [0.4, 0.5) is 17.1 Å². The van der Waals surface area contributed by atoms with Crippen LogP contribution in [0.1, 0.15) is 39.5 Å². The average molecular weight is 443 g/mol. The molecule has 0 spiro atoms. The van der Waals surface area contributed by atoms with E-state index in [1.165, 1.54) is 35.5 Å². The van der Waals surface area contributed by atoms with Crippen molar-refractivity contribution in [3.8, 4) is 5.75 Å². The van der Waals surface area contributed by atoms with Crippen molar-refractivity contribution < 1.29 is 14.6 Å². The molecule has 5 nitrogen and oxygen atoms in total. The number of carboxylic acid groups (broad SMARTS) is 1. The number of benzene rings is 2. The zero-order chi connectivity index (χ0) is 22.4. The van der Waals surface area contributed by atoms with Crippen molar-refractivity contribution in [3.05, 3.63) is 42.5 Å². The summed E-state index contributed by atoms with van der Waals surface area (Å²) in [6.45, 7) is 5.77. The van der Waals surface area contributed by atoms with Gasteiger partial charge in [-0.3, -0.25) is 4.79 Å². The molecule has 3 rings (SSSR count). The summed E-state index contributed by atoms with van der Waals surface area (Å²) in [5.41, 5.74) is 3.53. The zero-order valence-electron chi connectivity index (χ0n) is 19.1. The lowest BCUT2D eigenvalue weighted by molar-refractivity contribution is -0.137. The third-order valence-corrected chi connectivity index (χ3v) is 7.18. The molecule has 1 heterocycles. The maximum absolute atomic E-state index is 10.9. The highest BCUT2D eigenvalue weighted by atomic mass is 32.2. The fourth-order valence-electron chi connectivity index (χ4n) is 3.94. The van der Waals surface area contributed by atoms with Crippen LogP contribution in [0.15, 0.2) is 47.4 Å². The second-order valence-electron chi connectivity index (χ2n) is 8.80. The summed E-state index contributed by atoms with van der Waals surface area (Å²) in [5, 5.41) is 8.99. The Bertz CT molecular complexity index is 888. The Labute approximate surface area is 190 Å². The van der Waals surface area contributed by atoms with Crippen molar-refractivity contribution in [3.63, 3.8) is 0 Å². The van der Waals surface area contributed by atoms with Crippen molar-refractivity contribution in [1.29, 1.82) is 0 Å². The summed E-state index contributed by atoms with van der Waals surface area (Å²) in [6, 6.07) is 14.9. The molecule has 1 atom stereocenters. The third kappa shape index (κ3) is 5.88. The third-order valence-electron chi connectivity index (χ3n) is 5.70. The minimum Gasteiger partial charge on any atom is -0.491 e. The number of unbranched alkanes of at least 4 members (excludes halogenated alkanes) is 1. The van der Waals surface area contributed by atoms with Gasteiger partial charge in [0.25, 0.3) is 0 Å². The molecule has 0 aliphatic carbocycles. The maximum atomic E-state index is 10.9. The van der Waals surface area contributed by atoms with Gasteiger partial charge >= 0.3 is 5.97 Å². The molecule has 0 saturated heterocycles. The lowest BCUT2D eigenvalue weighted by atomic mass is 9.86. The second-order valence-corrected chi connectivity index (χ2v) is 9.82. The van der Waals surface area contributed by atoms with E-state index in [4.69, 9.17) is 9.84 Å². The highest BCUT2D eigenvalue weighted by Crippen LogP contribution is 2.48. The topological polar surface area (TPSA) is 53.0 Å². The molecule has 6 heteroatoms. The zero-order valence-corrected chi connectivity index (χ0v) is 19.9. The first kappa shape index (κ1) is 23.3. The molecule has 1 aliphatic rings. The van der Waals surface area contributed by atoms with Crippen LogP contribution in [0.3, 0.4) is 0 Å². The number of rotatable bonds is 9. The van der Waals surface area contributed by atoms with Crippen LogP contribution in [0.5, 0.6) is 5.75 Å². The number of fused-ring (bicyclic) bond motifs is 1. The molecular weight excluding hydrogens is 408 g/mol. The van der Waals surface area contributed by atoms with Gasteiger partial charge < -0.3 is 19.6 Å². The van der Waals surface area contributed by atoms with Gasteiger partial charge in [0, 0.05) is 37.0 Å². The summed E-state index contributed by atoms with van der Waals surface area (Å²) in [6.07, 6.45) is 3.60. The Morgan fingerprint density at radius 2 is 2.00 bits per heavy atom. The molecular formula is C25H34N2O3S. The smallest absolute Gasteiger partial charge is 0.306 e. The first-order valence-electron chi connectivity index (χ1n) is 11.0. The molecule has 1 aliphatic heterocycles. The molecule has 1 N–H and O–H groups in total. The number of para-hydroxylation sites is 1. The van der Waals surface area contributed by atoms with Crippen LogP contribution < -0.4 is 14.5 Å². The summed E-state index contributed by atoms with van der Waals surface area (Å²) in [4.78, 5) is 16.6. The quantitative estimate of drug-likeness (QED) is 0.510. The van der Waals surface area contributed by atoms with Gasteiger partial charge in [0.1, 0.15) is 5.75 Å². The van der Waals surface area contributed by atoms with Gasteiger partial charge in [0.15, 0.2) is 0 Å². The highest BCUT2D eigenvalue weighted by molar-refractivity contribution is 7.99. The Morgan fingerprint density at radius 3 is 2.65 bits per heavy atom. The SMILES string of the molecule is CCCC[C@]1(C)CSc2cc(OCCC(=O)O)c(N(C)C)cc2N(c2ccccc2)C1. The summed E-state index contributed by atoms with van der Waals surface area (Å²) >= 11 is 1.88. The number of aliphatic carboxylic acids is 1. The Kier molecular flexibility index (Phi) is 7.76. The average Bonchev–Trinajstić information content (AvgIpc) is 2.89. The first-order valence-corrected chi connectivity index (χ1v) is 12.0. The predicted molar refractivity (Wildman–Crippen MR) is 130 cm³/mol. The number of ether oxygens (including phenoxy) is 1. The van der Waals surface area contributed by atoms with E-state index in [0.29, 0.717) is 0 Å². The van der Waals surface area contributed by atoms with E-state index in [2.05, 4.69) is 61.2 Å². The summed E-state index contributed by atoms with van der Waals surface area (Å²) < 4.78 is 5.92. The van der Waals surface area contributed by atoms with E-state index >= 15 is 0 Å². The molecule has 0 saturated carbocycles. The minimum absolute atomic E-state index is 0.0116. The van der Waals surface area contributed by atoms with Gasteiger partial charge in [-0.15, -0.1) is 11.8 Å². The molecule has 168 valence electrons. The lowest BCUT2D eigenvalue weighted by Crippen LogP contribution is -2.33. The molecule has 0 amide bonds. The van der Waals surface area contributed by atoms with Crippen molar-refractivity contribution >= 4 is 34.8 Å². The van der Waals surface area contributed by atoms with Crippen LogP contribution in [0, 0.1) is 5.41 Å². The number of nitrogens with zero attached hydrogens (tertiary/aromatic N) is 2. The van der Waals surface area contributed by atoms with Crippen molar-refractivity contribution in [2.75, 3.05) is 42.8 Å². The molecule has 0 fully saturated rings. The maximum Gasteiger partial charge on any atom is 0.306 e. The molecule has 0 unspecified atom stereocenters. The summed E-state index contributed by atoms with van der Waals surface area (Å²) in [5.74, 6) is 0.930. The van der Waals surface area contributed by atoms with Crippen LogP contribution in [-0.2, 0) is 4.79 Å². The highest BCUT2D eigenvalue weighted by Gasteiger charge is 2.33. The van der Waals surface area contributed by atoms with Crippen molar-refractivity contribution in [2.45, 2.75) is 44.4 Å². The largest absolute Gasteiger partial charge is 0.491 e. The second kappa shape index (κ2) is 10.3. The van der Waals surface area contributed by atoms with E-state index in [1.807, 2.05) is 30.8 Å². The van der Waals surface area contributed by atoms with Gasteiger partial charge in [-0.2, -0.15) is 0 Å². The lowest BCUT2D eigenvalue weighted by Gasteiger charge is -2.34. The van der Waals surface area contributed by atoms with Crippen LogP contribution in [0.25, 0.3) is 0 Å². The molecule has 0 aromatic heterocycles. The predicted octanol–water partition coefficient (Wildman–Crippen LogP) is 6.05. The van der Waals surface area contributed by atoms with Crippen molar-refractivity contribution in [1.82, 2.24) is 0 Å². The number of thioether (sulfide) groups is 1. The van der Waals surface area contributed by atoms with Crippen LogP contribution >= 0.6 is 11.8 Å². The van der Waals surface area contributed by atoms with E-state index < -0.39 is 5.97 Å². The van der Waals surface area contributed by atoms with Gasteiger partial charge in [-0.05, 0) is 36.1 Å². The van der Waals surface area contributed by atoms with E-state index in [1.54, 1.807) is 0 Å². The molecule has 31 heavy (non-hydrogen) atoms. The normalized spacial score (nSPS) is 18.3. The Balaban J connectivity index is 2.04.